The lowest BCUT2D eigenvalue weighted by atomic mass is 10.1. The molecule has 2 aromatic carbocycles. The van der Waals surface area contributed by atoms with Crippen LogP contribution in [0.2, 0.25) is 0 Å². The van der Waals surface area contributed by atoms with Crippen LogP contribution in [-0.4, -0.2) is 43.2 Å². The molecule has 0 spiro atoms. The number of methoxy groups -OCH3 is 3. The molecule has 0 unspecified atom stereocenters. The first kappa shape index (κ1) is 24.4. The largest absolute Gasteiger partial charge is 0.497 e. The van der Waals surface area contributed by atoms with Gasteiger partial charge in [0.2, 0.25) is 5.75 Å². The summed E-state index contributed by atoms with van der Waals surface area (Å²) >= 11 is 1.49. The molecule has 0 fully saturated rings. The lowest BCUT2D eigenvalue weighted by Crippen LogP contribution is -2.37. The molecule has 3 aromatic rings. The SMILES string of the molecule is CC[C@@H](C)N(Cc1csc(COc2c(OC)cccc2OC)n1)C(=O)c1cccc(OC)c1. The molecule has 0 saturated carbocycles. The van der Waals surface area contributed by atoms with Gasteiger partial charge in [0.1, 0.15) is 17.4 Å². The zero-order valence-electron chi connectivity index (χ0n) is 19.7. The quantitative estimate of drug-likeness (QED) is 0.384. The predicted molar refractivity (Wildman–Crippen MR) is 129 cm³/mol. The average Bonchev–Trinajstić information content (AvgIpc) is 3.32. The second-order valence-electron chi connectivity index (χ2n) is 7.44. The molecule has 0 radical (unpaired) electrons. The predicted octanol–water partition coefficient (Wildman–Crippen LogP) is 5.19. The first-order valence-corrected chi connectivity index (χ1v) is 11.6. The molecule has 7 nitrogen and oxygen atoms in total. The maximum Gasteiger partial charge on any atom is 0.254 e. The number of amides is 1. The van der Waals surface area contributed by atoms with E-state index in [2.05, 4.69) is 6.92 Å². The van der Waals surface area contributed by atoms with Crippen molar-refractivity contribution < 1.29 is 23.7 Å². The monoisotopic (exact) mass is 470 g/mol. The van der Waals surface area contributed by atoms with Crippen molar-refractivity contribution in [3.05, 3.63) is 64.1 Å². The van der Waals surface area contributed by atoms with E-state index in [-0.39, 0.29) is 18.6 Å². The van der Waals surface area contributed by atoms with Crippen LogP contribution >= 0.6 is 11.3 Å². The Morgan fingerprint density at radius 3 is 2.39 bits per heavy atom. The summed E-state index contributed by atoms with van der Waals surface area (Å²) in [6.45, 7) is 4.80. The van der Waals surface area contributed by atoms with Gasteiger partial charge in [-0.25, -0.2) is 4.98 Å². The summed E-state index contributed by atoms with van der Waals surface area (Å²) in [6.07, 6.45) is 0.837. The van der Waals surface area contributed by atoms with Gasteiger partial charge in [0, 0.05) is 17.0 Å². The average molecular weight is 471 g/mol. The van der Waals surface area contributed by atoms with E-state index in [0.29, 0.717) is 35.1 Å². The van der Waals surface area contributed by atoms with Gasteiger partial charge in [0.25, 0.3) is 5.91 Å². The zero-order chi connectivity index (χ0) is 23.8. The van der Waals surface area contributed by atoms with Crippen LogP contribution in [-0.2, 0) is 13.2 Å². The normalized spacial score (nSPS) is 11.5. The highest BCUT2D eigenvalue weighted by Crippen LogP contribution is 2.37. The molecule has 33 heavy (non-hydrogen) atoms. The highest BCUT2D eigenvalue weighted by atomic mass is 32.1. The summed E-state index contributed by atoms with van der Waals surface area (Å²) in [6, 6.07) is 12.8. The second-order valence-corrected chi connectivity index (χ2v) is 8.38. The van der Waals surface area contributed by atoms with Crippen molar-refractivity contribution in [3.63, 3.8) is 0 Å². The van der Waals surface area contributed by atoms with Crippen molar-refractivity contribution in [2.45, 2.75) is 39.5 Å². The van der Waals surface area contributed by atoms with Crippen molar-refractivity contribution in [1.29, 1.82) is 0 Å². The van der Waals surface area contributed by atoms with Gasteiger partial charge in [-0.3, -0.25) is 4.79 Å². The molecule has 0 saturated heterocycles. The van der Waals surface area contributed by atoms with Crippen molar-refractivity contribution in [2.75, 3.05) is 21.3 Å². The fourth-order valence-corrected chi connectivity index (χ4v) is 4.02. The molecule has 0 aliphatic rings. The van der Waals surface area contributed by atoms with E-state index in [9.17, 15) is 4.79 Å². The number of hydrogen-bond acceptors (Lipinski definition) is 7. The van der Waals surface area contributed by atoms with Crippen LogP contribution in [0.3, 0.4) is 0 Å². The molecule has 0 bridgehead atoms. The van der Waals surface area contributed by atoms with E-state index in [1.807, 2.05) is 47.5 Å². The number of ether oxygens (including phenoxy) is 4. The number of aromatic nitrogens is 1. The first-order chi connectivity index (χ1) is 16.0. The Labute approximate surface area is 198 Å². The molecular weight excluding hydrogens is 440 g/mol. The van der Waals surface area contributed by atoms with E-state index in [0.717, 1.165) is 17.1 Å². The standard InChI is InChI=1S/C25H30N2O5S/c1-6-17(2)27(25(28)18-9-7-10-20(13-18)29-3)14-19-16-33-23(26-19)15-32-24-21(30-4)11-8-12-22(24)31-5/h7-13,16-17H,6,14-15H2,1-5H3/t17-/m1/s1. The van der Waals surface area contributed by atoms with Crippen LogP contribution in [0.25, 0.3) is 0 Å². The third kappa shape index (κ3) is 5.96. The third-order valence-electron chi connectivity index (χ3n) is 5.35. The number of hydrogen-bond donors (Lipinski definition) is 0. The number of carbonyl (C=O) groups is 1. The van der Waals surface area contributed by atoms with E-state index in [4.69, 9.17) is 23.9 Å². The van der Waals surface area contributed by atoms with Crippen LogP contribution in [0.4, 0.5) is 0 Å². The van der Waals surface area contributed by atoms with Gasteiger partial charge in [0.15, 0.2) is 11.5 Å². The van der Waals surface area contributed by atoms with E-state index < -0.39 is 0 Å². The summed E-state index contributed by atoms with van der Waals surface area (Å²) in [5.74, 6) is 2.34. The molecule has 1 atom stereocenters. The summed E-state index contributed by atoms with van der Waals surface area (Å²) in [5, 5.41) is 2.77. The summed E-state index contributed by atoms with van der Waals surface area (Å²) in [5.41, 5.74) is 1.42. The van der Waals surface area contributed by atoms with Crippen LogP contribution < -0.4 is 18.9 Å². The zero-order valence-corrected chi connectivity index (χ0v) is 20.5. The van der Waals surface area contributed by atoms with Gasteiger partial charge in [0.05, 0.1) is 33.6 Å². The summed E-state index contributed by atoms with van der Waals surface area (Å²) in [4.78, 5) is 19.8. The maximum atomic E-state index is 13.3. The molecule has 1 aromatic heterocycles. The van der Waals surface area contributed by atoms with E-state index >= 15 is 0 Å². The lowest BCUT2D eigenvalue weighted by molar-refractivity contribution is 0.0668. The fraction of sp³-hybridized carbons (Fsp3) is 0.360. The van der Waals surface area contributed by atoms with E-state index in [1.54, 1.807) is 33.5 Å². The maximum absolute atomic E-state index is 13.3. The Morgan fingerprint density at radius 1 is 1.06 bits per heavy atom. The van der Waals surface area contributed by atoms with Gasteiger partial charge < -0.3 is 23.8 Å². The number of nitrogens with zero attached hydrogens (tertiary/aromatic N) is 2. The molecule has 8 heteroatoms. The van der Waals surface area contributed by atoms with Crippen molar-refractivity contribution >= 4 is 17.2 Å². The number of para-hydroxylation sites is 1. The second kappa shape index (κ2) is 11.6. The molecule has 0 N–H and O–H groups in total. The van der Waals surface area contributed by atoms with E-state index in [1.165, 1.54) is 11.3 Å². The molecule has 3 rings (SSSR count). The summed E-state index contributed by atoms with van der Waals surface area (Å²) < 4.78 is 22.0. The minimum Gasteiger partial charge on any atom is -0.497 e. The molecule has 176 valence electrons. The van der Waals surface area contributed by atoms with Crippen molar-refractivity contribution in [2.24, 2.45) is 0 Å². The van der Waals surface area contributed by atoms with Gasteiger partial charge in [-0.15, -0.1) is 11.3 Å². The van der Waals surface area contributed by atoms with Crippen LogP contribution in [0, 0.1) is 0 Å². The fourth-order valence-electron chi connectivity index (χ4n) is 3.33. The molecule has 1 amide bonds. The van der Waals surface area contributed by atoms with Crippen molar-refractivity contribution in [3.8, 4) is 23.0 Å². The molecular formula is C25H30N2O5S. The van der Waals surface area contributed by atoms with Crippen molar-refractivity contribution in [1.82, 2.24) is 9.88 Å². The Balaban J connectivity index is 1.73. The van der Waals surface area contributed by atoms with Gasteiger partial charge in [-0.05, 0) is 43.7 Å². The van der Waals surface area contributed by atoms with Gasteiger partial charge in [-0.1, -0.05) is 19.1 Å². The molecule has 1 heterocycles. The number of benzene rings is 2. The Hall–Kier alpha value is -3.26. The Morgan fingerprint density at radius 2 is 1.76 bits per heavy atom. The van der Waals surface area contributed by atoms with Gasteiger partial charge >= 0.3 is 0 Å². The molecule has 0 aliphatic carbocycles. The Kier molecular flexibility index (Phi) is 8.54. The number of thiazole rings is 1. The molecule has 0 aliphatic heterocycles. The number of rotatable bonds is 11. The van der Waals surface area contributed by atoms with Crippen LogP contribution in [0.1, 0.15) is 41.3 Å². The highest BCUT2D eigenvalue weighted by Gasteiger charge is 2.22. The summed E-state index contributed by atoms with van der Waals surface area (Å²) in [7, 11) is 4.77. The smallest absolute Gasteiger partial charge is 0.254 e. The Bertz CT molecular complexity index is 1050. The van der Waals surface area contributed by atoms with Crippen LogP contribution in [0.5, 0.6) is 23.0 Å². The lowest BCUT2D eigenvalue weighted by Gasteiger charge is -2.28. The topological polar surface area (TPSA) is 70.1 Å². The van der Waals surface area contributed by atoms with Gasteiger partial charge in [-0.2, -0.15) is 0 Å². The highest BCUT2D eigenvalue weighted by molar-refractivity contribution is 7.09. The third-order valence-corrected chi connectivity index (χ3v) is 6.23. The minimum absolute atomic E-state index is 0.0483. The minimum atomic E-state index is -0.0483. The first-order valence-electron chi connectivity index (χ1n) is 10.7. The number of carbonyl (C=O) groups excluding carboxylic acids is 1. The van der Waals surface area contributed by atoms with Crippen LogP contribution in [0.15, 0.2) is 47.8 Å².